The van der Waals surface area contributed by atoms with Gasteiger partial charge in [0.25, 0.3) is 0 Å². The Labute approximate surface area is 132 Å². The third-order valence-electron chi connectivity index (χ3n) is 2.51. The van der Waals surface area contributed by atoms with E-state index in [0.29, 0.717) is 17.3 Å². The Balaban J connectivity index is 0.000000151. The molecular weight excluding hydrogens is 386 g/mol. The monoisotopic (exact) mass is 397 g/mol. The van der Waals surface area contributed by atoms with Crippen LogP contribution < -0.4 is 17.2 Å². The van der Waals surface area contributed by atoms with Gasteiger partial charge in [0.05, 0.1) is 22.4 Å². The van der Waals surface area contributed by atoms with E-state index in [1.165, 1.54) is 0 Å². The lowest BCUT2D eigenvalue weighted by Crippen LogP contribution is -1.92. The zero-order valence-corrected chi connectivity index (χ0v) is 13.6. The van der Waals surface area contributed by atoms with Crippen molar-refractivity contribution in [2.45, 2.75) is 0 Å². The van der Waals surface area contributed by atoms with E-state index in [2.05, 4.69) is 41.8 Å². The zero-order chi connectivity index (χ0) is 14.7. The molecule has 3 aromatic rings. The van der Waals surface area contributed by atoms with Crippen molar-refractivity contribution in [3.8, 4) is 0 Å². The maximum atomic E-state index is 5.47. The Morgan fingerprint density at radius 2 is 1.50 bits per heavy atom. The van der Waals surface area contributed by atoms with Gasteiger partial charge >= 0.3 is 0 Å². The van der Waals surface area contributed by atoms with Crippen LogP contribution in [0.2, 0.25) is 0 Å². The fourth-order valence-corrected chi connectivity index (χ4v) is 2.29. The second-order valence-corrected chi connectivity index (χ2v) is 5.89. The number of imidazole rings is 1. The summed E-state index contributed by atoms with van der Waals surface area (Å²) < 4.78 is 1.97. The molecular formula is C13H13Br2N5. The maximum absolute atomic E-state index is 5.47. The van der Waals surface area contributed by atoms with Crippen LogP contribution in [0.4, 0.5) is 17.3 Å². The third kappa shape index (κ3) is 3.64. The minimum Gasteiger partial charge on any atom is -0.397 e. The lowest BCUT2D eigenvalue weighted by Gasteiger charge is -1.97. The number of halogens is 2. The largest absolute Gasteiger partial charge is 0.397 e. The first-order chi connectivity index (χ1) is 9.45. The molecule has 2 aromatic carbocycles. The third-order valence-corrected chi connectivity index (χ3v) is 3.50. The molecule has 0 bridgehead atoms. The van der Waals surface area contributed by atoms with Crippen molar-refractivity contribution in [2.24, 2.45) is 0 Å². The summed E-state index contributed by atoms with van der Waals surface area (Å²) >= 11 is 6.61. The van der Waals surface area contributed by atoms with E-state index >= 15 is 0 Å². The van der Waals surface area contributed by atoms with Gasteiger partial charge in [-0.2, -0.15) is 0 Å². The topological polar surface area (TPSA) is 107 Å². The van der Waals surface area contributed by atoms with Crippen molar-refractivity contribution in [1.29, 1.82) is 0 Å². The van der Waals surface area contributed by atoms with E-state index in [4.69, 9.17) is 17.2 Å². The Bertz CT molecular complexity index is 739. The van der Waals surface area contributed by atoms with Crippen molar-refractivity contribution >= 4 is 60.2 Å². The lowest BCUT2D eigenvalue weighted by molar-refractivity contribution is 1.35. The van der Waals surface area contributed by atoms with E-state index in [-0.39, 0.29) is 0 Å². The van der Waals surface area contributed by atoms with E-state index < -0.39 is 0 Å². The molecule has 104 valence electrons. The minimum absolute atomic E-state index is 0.457. The second-order valence-electron chi connectivity index (χ2n) is 4.06. The molecule has 7 heteroatoms. The summed E-state index contributed by atoms with van der Waals surface area (Å²) in [5.41, 5.74) is 19.5. The molecule has 0 unspecified atom stereocenters. The molecule has 0 aliphatic carbocycles. The van der Waals surface area contributed by atoms with Crippen LogP contribution in [-0.2, 0) is 0 Å². The van der Waals surface area contributed by atoms with Gasteiger partial charge in [-0.25, -0.2) is 4.98 Å². The van der Waals surface area contributed by atoms with Crippen LogP contribution in [-0.4, -0.2) is 9.97 Å². The number of benzene rings is 2. The molecule has 20 heavy (non-hydrogen) atoms. The van der Waals surface area contributed by atoms with Crippen molar-refractivity contribution in [3.63, 3.8) is 0 Å². The second kappa shape index (κ2) is 6.15. The van der Waals surface area contributed by atoms with Gasteiger partial charge in [0.2, 0.25) is 0 Å². The number of H-pyrrole nitrogens is 1. The van der Waals surface area contributed by atoms with Gasteiger partial charge in [0.15, 0.2) is 5.95 Å². The first-order valence-electron chi connectivity index (χ1n) is 5.67. The molecule has 0 aliphatic heterocycles. The molecule has 3 rings (SSSR count). The molecule has 1 aromatic heterocycles. The van der Waals surface area contributed by atoms with Crippen LogP contribution in [0.5, 0.6) is 0 Å². The average molecular weight is 399 g/mol. The number of nitrogens with one attached hydrogen (secondary N) is 1. The molecule has 0 saturated heterocycles. The standard InChI is InChI=1S/C7H6BrN3.C6H7BrN2/c8-4-1-2-5-6(3-4)11-7(9)10-5;7-4-1-2-5(8)6(9)3-4/h1-3H,(H3,9,10,11);1-3H,8-9H2. The Hall–Kier alpha value is -1.73. The zero-order valence-electron chi connectivity index (χ0n) is 10.4. The number of hydrogen-bond acceptors (Lipinski definition) is 4. The summed E-state index contributed by atoms with van der Waals surface area (Å²) in [5.74, 6) is 0.457. The molecule has 0 atom stereocenters. The molecule has 0 saturated carbocycles. The predicted molar refractivity (Wildman–Crippen MR) is 91.2 cm³/mol. The molecule has 0 spiro atoms. The fourth-order valence-electron chi connectivity index (χ4n) is 1.55. The Morgan fingerprint density at radius 1 is 0.850 bits per heavy atom. The summed E-state index contributed by atoms with van der Waals surface area (Å²) in [7, 11) is 0. The molecule has 0 fully saturated rings. The number of fused-ring (bicyclic) bond motifs is 1. The summed E-state index contributed by atoms with van der Waals surface area (Å²) in [6.45, 7) is 0. The summed E-state index contributed by atoms with van der Waals surface area (Å²) in [4.78, 5) is 6.99. The van der Waals surface area contributed by atoms with Crippen LogP contribution in [0.1, 0.15) is 0 Å². The van der Waals surface area contributed by atoms with Crippen LogP contribution in [0, 0.1) is 0 Å². The van der Waals surface area contributed by atoms with Gasteiger partial charge in [-0.3, -0.25) is 0 Å². The van der Waals surface area contributed by atoms with Crippen LogP contribution >= 0.6 is 31.9 Å². The highest BCUT2D eigenvalue weighted by Gasteiger charge is 1.98. The molecule has 1 heterocycles. The SMILES string of the molecule is Nc1ccc(Br)cc1N.Nc1nc2ccc(Br)cc2[nH]1. The Morgan fingerprint density at radius 3 is 2.15 bits per heavy atom. The minimum atomic E-state index is 0.457. The maximum Gasteiger partial charge on any atom is 0.198 e. The molecule has 5 nitrogen and oxygen atoms in total. The molecule has 7 N–H and O–H groups in total. The van der Waals surface area contributed by atoms with Gasteiger partial charge in [0.1, 0.15) is 0 Å². The van der Waals surface area contributed by atoms with Gasteiger partial charge < -0.3 is 22.2 Å². The molecule has 0 radical (unpaired) electrons. The number of nitrogen functional groups attached to an aromatic ring is 3. The van der Waals surface area contributed by atoms with Gasteiger partial charge in [-0.1, -0.05) is 31.9 Å². The summed E-state index contributed by atoms with van der Waals surface area (Å²) in [5, 5.41) is 0. The van der Waals surface area contributed by atoms with E-state index in [1.807, 2.05) is 24.3 Å². The normalized spacial score (nSPS) is 10.1. The quantitative estimate of drug-likeness (QED) is 0.434. The summed E-state index contributed by atoms with van der Waals surface area (Å²) in [6.07, 6.45) is 0. The number of nitrogens with two attached hydrogens (primary N) is 3. The van der Waals surface area contributed by atoms with Gasteiger partial charge in [-0.05, 0) is 36.4 Å². The average Bonchev–Trinajstić information content (AvgIpc) is 2.74. The first-order valence-corrected chi connectivity index (χ1v) is 7.25. The number of aromatic nitrogens is 2. The number of nitrogens with zero attached hydrogens (tertiary/aromatic N) is 1. The van der Waals surface area contributed by atoms with Crippen LogP contribution in [0.3, 0.4) is 0 Å². The van der Waals surface area contributed by atoms with Crippen LogP contribution in [0.25, 0.3) is 11.0 Å². The summed E-state index contributed by atoms with van der Waals surface area (Å²) in [6, 6.07) is 11.2. The predicted octanol–water partition coefficient (Wildman–Crippen LogP) is 3.52. The molecule has 0 aliphatic rings. The highest BCUT2D eigenvalue weighted by atomic mass is 79.9. The van der Waals surface area contributed by atoms with E-state index in [9.17, 15) is 0 Å². The Kier molecular flexibility index (Phi) is 4.51. The number of aromatic amines is 1. The van der Waals surface area contributed by atoms with Gasteiger partial charge in [-0.15, -0.1) is 0 Å². The van der Waals surface area contributed by atoms with Crippen LogP contribution in [0.15, 0.2) is 45.3 Å². The number of rotatable bonds is 0. The highest BCUT2D eigenvalue weighted by Crippen LogP contribution is 2.19. The molecule has 0 amide bonds. The number of hydrogen-bond donors (Lipinski definition) is 4. The van der Waals surface area contributed by atoms with Crippen molar-refractivity contribution < 1.29 is 0 Å². The first kappa shape index (κ1) is 14.7. The number of anilines is 3. The van der Waals surface area contributed by atoms with Crippen molar-refractivity contribution in [1.82, 2.24) is 9.97 Å². The fraction of sp³-hybridized carbons (Fsp3) is 0. The highest BCUT2D eigenvalue weighted by molar-refractivity contribution is 9.10. The van der Waals surface area contributed by atoms with Gasteiger partial charge in [0, 0.05) is 8.95 Å². The van der Waals surface area contributed by atoms with Crippen molar-refractivity contribution in [3.05, 3.63) is 45.3 Å². The van der Waals surface area contributed by atoms with E-state index in [0.717, 1.165) is 20.0 Å². The van der Waals surface area contributed by atoms with Crippen molar-refractivity contribution in [2.75, 3.05) is 17.2 Å². The smallest absolute Gasteiger partial charge is 0.198 e. The lowest BCUT2D eigenvalue weighted by atomic mass is 10.3. The van der Waals surface area contributed by atoms with E-state index in [1.54, 1.807) is 12.1 Å².